The largest absolute Gasteiger partial charge is 0.368 e. The normalized spacial score (nSPS) is 15.9. The van der Waals surface area contributed by atoms with Crippen molar-refractivity contribution < 1.29 is 9.59 Å². The zero-order valence-corrected chi connectivity index (χ0v) is 12.7. The predicted molar refractivity (Wildman–Crippen MR) is 84.2 cm³/mol. The molecule has 7 nitrogen and oxygen atoms in total. The van der Waals surface area contributed by atoms with E-state index in [0.29, 0.717) is 26.1 Å². The molecule has 1 fully saturated rings. The topological polar surface area (TPSA) is 95.3 Å². The van der Waals surface area contributed by atoms with Crippen LogP contribution in [0.15, 0.2) is 42.9 Å². The number of amides is 3. The SMILES string of the molecule is NC(=O)C(Cc1cnc[nH]1)N1CCN(Cc2ccccc2)C1=O. The van der Waals surface area contributed by atoms with Crippen LogP contribution in [0, 0.1) is 0 Å². The number of hydrogen-bond acceptors (Lipinski definition) is 3. The number of rotatable bonds is 6. The first-order chi connectivity index (χ1) is 11.1. The third kappa shape index (κ3) is 3.33. The van der Waals surface area contributed by atoms with Crippen molar-refractivity contribution in [3.63, 3.8) is 0 Å². The van der Waals surface area contributed by atoms with Crippen molar-refractivity contribution in [2.24, 2.45) is 5.73 Å². The number of nitrogens with one attached hydrogen (secondary N) is 1. The molecule has 1 aromatic heterocycles. The maximum absolute atomic E-state index is 12.6. The van der Waals surface area contributed by atoms with Crippen molar-refractivity contribution >= 4 is 11.9 Å². The van der Waals surface area contributed by atoms with Gasteiger partial charge in [-0.1, -0.05) is 30.3 Å². The molecule has 120 valence electrons. The quantitative estimate of drug-likeness (QED) is 0.823. The van der Waals surface area contributed by atoms with E-state index in [1.165, 1.54) is 0 Å². The molecule has 0 aliphatic carbocycles. The number of aromatic amines is 1. The van der Waals surface area contributed by atoms with E-state index in [9.17, 15) is 9.59 Å². The first-order valence-electron chi connectivity index (χ1n) is 7.51. The Kier molecular flexibility index (Phi) is 4.27. The Hall–Kier alpha value is -2.83. The highest BCUT2D eigenvalue weighted by atomic mass is 16.2. The molecule has 1 saturated heterocycles. The lowest BCUT2D eigenvalue weighted by molar-refractivity contribution is -0.122. The molecule has 1 aromatic carbocycles. The van der Waals surface area contributed by atoms with Gasteiger partial charge in [0.1, 0.15) is 6.04 Å². The average molecular weight is 313 g/mol. The van der Waals surface area contributed by atoms with Gasteiger partial charge in [-0.15, -0.1) is 0 Å². The van der Waals surface area contributed by atoms with Crippen LogP contribution in [0.5, 0.6) is 0 Å². The number of carbonyl (C=O) groups is 2. The molecule has 0 bridgehead atoms. The van der Waals surface area contributed by atoms with Crippen LogP contribution in [0.3, 0.4) is 0 Å². The van der Waals surface area contributed by atoms with Gasteiger partial charge >= 0.3 is 6.03 Å². The molecule has 3 rings (SSSR count). The van der Waals surface area contributed by atoms with E-state index in [1.54, 1.807) is 22.3 Å². The van der Waals surface area contributed by atoms with E-state index in [0.717, 1.165) is 11.3 Å². The van der Waals surface area contributed by atoms with Gasteiger partial charge < -0.3 is 20.5 Å². The van der Waals surface area contributed by atoms with Gasteiger partial charge in [-0.25, -0.2) is 9.78 Å². The number of imidazole rings is 1. The highest BCUT2D eigenvalue weighted by Crippen LogP contribution is 2.18. The molecule has 1 aliphatic heterocycles. The molecule has 2 heterocycles. The van der Waals surface area contributed by atoms with Crippen LogP contribution in [0.1, 0.15) is 11.3 Å². The summed E-state index contributed by atoms with van der Waals surface area (Å²) < 4.78 is 0. The zero-order chi connectivity index (χ0) is 16.2. The molecule has 1 unspecified atom stereocenters. The fourth-order valence-electron chi connectivity index (χ4n) is 2.81. The monoisotopic (exact) mass is 313 g/mol. The fourth-order valence-corrected chi connectivity index (χ4v) is 2.81. The van der Waals surface area contributed by atoms with Gasteiger partial charge in [0.15, 0.2) is 0 Å². The minimum Gasteiger partial charge on any atom is -0.368 e. The van der Waals surface area contributed by atoms with Crippen molar-refractivity contribution in [3.05, 3.63) is 54.1 Å². The summed E-state index contributed by atoms with van der Waals surface area (Å²) in [6.45, 7) is 1.61. The van der Waals surface area contributed by atoms with E-state index in [4.69, 9.17) is 5.73 Å². The van der Waals surface area contributed by atoms with Gasteiger partial charge in [-0.3, -0.25) is 4.79 Å². The number of nitrogens with zero attached hydrogens (tertiary/aromatic N) is 3. The van der Waals surface area contributed by atoms with E-state index < -0.39 is 11.9 Å². The van der Waals surface area contributed by atoms with Crippen LogP contribution < -0.4 is 5.73 Å². The highest BCUT2D eigenvalue weighted by molar-refractivity contribution is 5.87. The second kappa shape index (κ2) is 6.51. The summed E-state index contributed by atoms with van der Waals surface area (Å²) in [4.78, 5) is 34.6. The van der Waals surface area contributed by atoms with Crippen LogP contribution in [0.2, 0.25) is 0 Å². The zero-order valence-electron chi connectivity index (χ0n) is 12.7. The lowest BCUT2D eigenvalue weighted by Gasteiger charge is -2.25. The summed E-state index contributed by atoms with van der Waals surface area (Å²) in [6, 6.07) is 8.96. The third-order valence-corrected chi connectivity index (χ3v) is 4.02. The Morgan fingerprint density at radius 1 is 1.30 bits per heavy atom. The average Bonchev–Trinajstić information content (AvgIpc) is 3.17. The molecule has 3 N–H and O–H groups in total. The summed E-state index contributed by atoms with van der Waals surface area (Å²) >= 11 is 0. The minimum absolute atomic E-state index is 0.155. The predicted octanol–water partition coefficient (Wildman–Crippen LogP) is 0.744. The van der Waals surface area contributed by atoms with Crippen molar-refractivity contribution in [2.45, 2.75) is 19.0 Å². The molecule has 0 radical (unpaired) electrons. The van der Waals surface area contributed by atoms with Crippen molar-refractivity contribution in [3.8, 4) is 0 Å². The summed E-state index contributed by atoms with van der Waals surface area (Å²) in [5.41, 5.74) is 7.35. The molecule has 1 aliphatic rings. The molecule has 7 heteroatoms. The second-order valence-corrected chi connectivity index (χ2v) is 5.58. The third-order valence-electron chi connectivity index (χ3n) is 4.02. The Bertz CT molecular complexity index is 671. The molecule has 0 spiro atoms. The van der Waals surface area contributed by atoms with Crippen molar-refractivity contribution in [2.75, 3.05) is 13.1 Å². The maximum atomic E-state index is 12.6. The van der Waals surface area contributed by atoms with Gasteiger partial charge in [0.2, 0.25) is 5.91 Å². The van der Waals surface area contributed by atoms with Crippen LogP contribution in [-0.2, 0) is 17.8 Å². The fraction of sp³-hybridized carbons (Fsp3) is 0.312. The maximum Gasteiger partial charge on any atom is 0.321 e. The van der Waals surface area contributed by atoms with E-state index in [1.807, 2.05) is 30.3 Å². The summed E-state index contributed by atoms with van der Waals surface area (Å²) in [5, 5.41) is 0. The number of aromatic nitrogens is 2. The Balaban J connectivity index is 1.70. The van der Waals surface area contributed by atoms with Gasteiger partial charge in [-0.05, 0) is 5.56 Å². The van der Waals surface area contributed by atoms with E-state index in [2.05, 4.69) is 9.97 Å². The number of benzene rings is 1. The second-order valence-electron chi connectivity index (χ2n) is 5.58. The summed E-state index contributed by atoms with van der Waals surface area (Å²) in [5.74, 6) is -0.505. The number of carbonyl (C=O) groups excluding carboxylic acids is 2. The molecule has 1 atom stereocenters. The van der Waals surface area contributed by atoms with Crippen LogP contribution in [0.4, 0.5) is 4.79 Å². The first kappa shape index (κ1) is 15.1. The smallest absolute Gasteiger partial charge is 0.321 e. The number of H-pyrrole nitrogens is 1. The van der Waals surface area contributed by atoms with Crippen LogP contribution in [0.25, 0.3) is 0 Å². The van der Waals surface area contributed by atoms with Crippen molar-refractivity contribution in [1.29, 1.82) is 0 Å². The molecule has 0 saturated carbocycles. The molecule has 2 aromatic rings. The van der Waals surface area contributed by atoms with Crippen LogP contribution >= 0.6 is 0 Å². The molecular formula is C16H19N5O2. The summed E-state index contributed by atoms with van der Waals surface area (Å²) in [7, 11) is 0. The number of nitrogens with two attached hydrogens (primary N) is 1. The standard InChI is InChI=1S/C16H19N5O2/c17-15(22)14(8-13-9-18-11-19-13)21-7-6-20(16(21)23)10-12-4-2-1-3-5-12/h1-5,9,11,14H,6-8,10H2,(H2,17,22)(H,18,19). The van der Waals surface area contributed by atoms with Gasteiger partial charge in [0.25, 0.3) is 0 Å². The first-order valence-corrected chi connectivity index (χ1v) is 7.51. The summed E-state index contributed by atoms with van der Waals surface area (Å²) in [6.07, 6.45) is 3.53. The number of urea groups is 1. The van der Waals surface area contributed by atoms with Gasteiger partial charge in [0, 0.05) is 37.9 Å². The number of hydrogen-bond donors (Lipinski definition) is 2. The van der Waals surface area contributed by atoms with E-state index in [-0.39, 0.29) is 6.03 Å². The van der Waals surface area contributed by atoms with Crippen LogP contribution in [-0.4, -0.2) is 50.8 Å². The molecular weight excluding hydrogens is 294 g/mol. The minimum atomic E-state index is -0.663. The Labute approximate surface area is 134 Å². The highest BCUT2D eigenvalue weighted by Gasteiger charge is 2.36. The molecule has 3 amide bonds. The number of primary amides is 1. The lowest BCUT2D eigenvalue weighted by Crippen LogP contribution is -2.48. The van der Waals surface area contributed by atoms with Gasteiger partial charge in [-0.2, -0.15) is 0 Å². The molecule has 23 heavy (non-hydrogen) atoms. The Morgan fingerprint density at radius 2 is 2.09 bits per heavy atom. The van der Waals surface area contributed by atoms with E-state index >= 15 is 0 Å². The Morgan fingerprint density at radius 3 is 2.74 bits per heavy atom. The van der Waals surface area contributed by atoms with Gasteiger partial charge in [0.05, 0.1) is 6.33 Å². The lowest BCUT2D eigenvalue weighted by atomic mass is 10.1. The van der Waals surface area contributed by atoms with Crippen molar-refractivity contribution in [1.82, 2.24) is 19.8 Å².